The van der Waals surface area contributed by atoms with Crippen molar-refractivity contribution in [3.63, 3.8) is 0 Å². The van der Waals surface area contributed by atoms with Crippen molar-refractivity contribution in [2.24, 2.45) is 0 Å². The van der Waals surface area contributed by atoms with Crippen molar-refractivity contribution >= 4 is 17.5 Å². The van der Waals surface area contributed by atoms with E-state index in [0.717, 1.165) is 19.4 Å². The summed E-state index contributed by atoms with van der Waals surface area (Å²) in [6.07, 6.45) is 2.12. The van der Waals surface area contributed by atoms with Gasteiger partial charge in [-0.3, -0.25) is 4.79 Å². The summed E-state index contributed by atoms with van der Waals surface area (Å²) in [6.45, 7) is 2.13. The zero-order valence-electron chi connectivity index (χ0n) is 11.0. The van der Waals surface area contributed by atoms with Crippen LogP contribution >= 0.6 is 11.6 Å². The summed E-state index contributed by atoms with van der Waals surface area (Å²) in [6, 6.07) is 6.95. The molecule has 1 aromatic carbocycles. The van der Waals surface area contributed by atoms with Crippen molar-refractivity contribution in [3.05, 3.63) is 34.9 Å². The van der Waals surface area contributed by atoms with Crippen LogP contribution in [-0.4, -0.2) is 38.3 Å². The summed E-state index contributed by atoms with van der Waals surface area (Å²) >= 11 is 5.88. The maximum atomic E-state index is 12.1. The highest BCUT2D eigenvalue weighted by Gasteiger charge is 2.33. The number of amides is 1. The molecule has 1 fully saturated rings. The van der Waals surface area contributed by atoms with Gasteiger partial charge in [0.05, 0.1) is 12.1 Å². The van der Waals surface area contributed by atoms with Crippen molar-refractivity contribution in [2.75, 3.05) is 26.8 Å². The Morgan fingerprint density at radius 3 is 3.05 bits per heavy atom. The molecule has 0 bridgehead atoms. The van der Waals surface area contributed by atoms with E-state index in [9.17, 15) is 4.79 Å². The number of hydrogen-bond donors (Lipinski definition) is 2. The summed E-state index contributed by atoms with van der Waals surface area (Å²) < 4.78 is 5.25. The number of carbonyl (C=O) groups is 1. The Kier molecular flexibility index (Phi) is 4.80. The number of methoxy groups -OCH3 is 1. The Morgan fingerprint density at radius 2 is 2.42 bits per heavy atom. The van der Waals surface area contributed by atoms with Gasteiger partial charge in [-0.05, 0) is 37.6 Å². The van der Waals surface area contributed by atoms with Crippen LogP contribution in [0, 0.1) is 0 Å². The molecule has 1 amide bonds. The molecule has 0 radical (unpaired) electrons. The second-order valence-electron chi connectivity index (χ2n) is 4.94. The maximum absolute atomic E-state index is 12.1. The fourth-order valence-corrected chi connectivity index (χ4v) is 2.64. The van der Waals surface area contributed by atoms with E-state index < -0.39 is 0 Å². The maximum Gasteiger partial charge on any atom is 0.251 e. The molecule has 104 valence electrons. The molecular weight excluding hydrogens is 264 g/mol. The van der Waals surface area contributed by atoms with Crippen LogP contribution < -0.4 is 10.6 Å². The van der Waals surface area contributed by atoms with E-state index in [1.807, 2.05) is 0 Å². The molecule has 1 aromatic rings. The van der Waals surface area contributed by atoms with E-state index in [1.54, 1.807) is 31.4 Å². The lowest BCUT2D eigenvalue weighted by molar-refractivity contribution is 0.0892. The van der Waals surface area contributed by atoms with Crippen molar-refractivity contribution in [1.82, 2.24) is 10.6 Å². The fourth-order valence-electron chi connectivity index (χ4n) is 2.45. The van der Waals surface area contributed by atoms with Gasteiger partial charge in [-0.25, -0.2) is 0 Å². The monoisotopic (exact) mass is 282 g/mol. The minimum Gasteiger partial charge on any atom is -0.383 e. The molecular formula is C14H19ClN2O2. The van der Waals surface area contributed by atoms with E-state index in [2.05, 4.69) is 10.6 Å². The summed E-state index contributed by atoms with van der Waals surface area (Å²) in [7, 11) is 1.68. The summed E-state index contributed by atoms with van der Waals surface area (Å²) in [5.74, 6) is -0.105. The van der Waals surface area contributed by atoms with Gasteiger partial charge in [-0.1, -0.05) is 17.7 Å². The molecule has 0 aliphatic carbocycles. The van der Waals surface area contributed by atoms with E-state index in [-0.39, 0.29) is 11.4 Å². The highest BCUT2D eigenvalue weighted by Crippen LogP contribution is 2.19. The number of hydrogen-bond acceptors (Lipinski definition) is 3. The average Bonchev–Trinajstić information content (AvgIpc) is 2.85. The number of rotatable bonds is 5. The van der Waals surface area contributed by atoms with Crippen LogP contribution in [0.1, 0.15) is 23.2 Å². The third-order valence-corrected chi connectivity index (χ3v) is 3.66. The van der Waals surface area contributed by atoms with E-state index in [4.69, 9.17) is 16.3 Å². The Hall–Kier alpha value is -1.10. The zero-order chi connectivity index (χ0) is 13.7. The second kappa shape index (κ2) is 6.37. The van der Waals surface area contributed by atoms with E-state index in [1.165, 1.54) is 0 Å². The number of halogens is 1. The van der Waals surface area contributed by atoms with Gasteiger partial charge < -0.3 is 15.4 Å². The van der Waals surface area contributed by atoms with Crippen LogP contribution in [0.15, 0.2) is 24.3 Å². The van der Waals surface area contributed by atoms with Gasteiger partial charge in [0.15, 0.2) is 0 Å². The predicted molar refractivity (Wildman–Crippen MR) is 75.6 cm³/mol. The van der Waals surface area contributed by atoms with Gasteiger partial charge in [0.25, 0.3) is 5.91 Å². The zero-order valence-corrected chi connectivity index (χ0v) is 11.8. The van der Waals surface area contributed by atoms with Crippen molar-refractivity contribution in [2.45, 2.75) is 18.4 Å². The Bertz CT molecular complexity index is 445. The molecule has 0 saturated carbocycles. The first-order valence-corrected chi connectivity index (χ1v) is 6.81. The van der Waals surface area contributed by atoms with E-state index in [0.29, 0.717) is 23.7 Å². The Balaban J connectivity index is 1.95. The van der Waals surface area contributed by atoms with Crippen LogP contribution in [0.4, 0.5) is 0 Å². The van der Waals surface area contributed by atoms with Crippen LogP contribution in [0.2, 0.25) is 5.02 Å². The lowest BCUT2D eigenvalue weighted by Crippen LogP contribution is -2.52. The molecule has 2 rings (SSSR count). The highest BCUT2D eigenvalue weighted by molar-refractivity contribution is 6.30. The lowest BCUT2D eigenvalue weighted by Gasteiger charge is -2.28. The molecule has 1 aliphatic rings. The Morgan fingerprint density at radius 1 is 1.58 bits per heavy atom. The minimum atomic E-state index is -0.136. The lowest BCUT2D eigenvalue weighted by atomic mass is 9.98. The first-order valence-electron chi connectivity index (χ1n) is 6.43. The first-order chi connectivity index (χ1) is 9.15. The summed E-state index contributed by atoms with van der Waals surface area (Å²) in [4.78, 5) is 12.1. The molecule has 1 heterocycles. The second-order valence-corrected chi connectivity index (χ2v) is 5.37. The van der Waals surface area contributed by atoms with Gasteiger partial charge in [-0.2, -0.15) is 0 Å². The van der Waals surface area contributed by atoms with Crippen LogP contribution in [0.5, 0.6) is 0 Å². The number of nitrogens with one attached hydrogen (secondary N) is 2. The van der Waals surface area contributed by atoms with Crippen molar-refractivity contribution in [3.8, 4) is 0 Å². The smallest absolute Gasteiger partial charge is 0.251 e. The molecule has 2 N–H and O–H groups in total. The van der Waals surface area contributed by atoms with Crippen molar-refractivity contribution < 1.29 is 9.53 Å². The molecule has 1 atom stereocenters. The Labute approximate surface area is 118 Å². The van der Waals surface area contributed by atoms with Crippen LogP contribution in [0.25, 0.3) is 0 Å². The molecule has 1 saturated heterocycles. The molecule has 1 aliphatic heterocycles. The predicted octanol–water partition coefficient (Wildman–Crippen LogP) is 1.84. The quantitative estimate of drug-likeness (QED) is 0.866. The SMILES string of the molecule is COCC1(CNC(=O)c2cccc(Cl)c2)CCCN1. The van der Waals surface area contributed by atoms with E-state index >= 15 is 0 Å². The summed E-state index contributed by atoms with van der Waals surface area (Å²) in [5, 5.41) is 6.94. The third kappa shape index (κ3) is 3.69. The number of carbonyl (C=O) groups excluding carboxylic acids is 1. The van der Waals surface area contributed by atoms with Crippen LogP contribution in [0.3, 0.4) is 0 Å². The fraction of sp³-hybridized carbons (Fsp3) is 0.500. The highest BCUT2D eigenvalue weighted by atomic mass is 35.5. The normalized spacial score (nSPS) is 22.4. The molecule has 19 heavy (non-hydrogen) atoms. The summed E-state index contributed by atoms with van der Waals surface area (Å²) in [5.41, 5.74) is 0.446. The molecule has 0 spiro atoms. The largest absolute Gasteiger partial charge is 0.383 e. The standard InChI is InChI=1S/C14H19ClN2O2/c1-19-10-14(6-3-7-17-14)9-16-13(18)11-4-2-5-12(15)8-11/h2,4-5,8,17H,3,6-7,9-10H2,1H3,(H,16,18). The molecule has 0 aromatic heterocycles. The third-order valence-electron chi connectivity index (χ3n) is 3.43. The topological polar surface area (TPSA) is 50.4 Å². The number of benzene rings is 1. The molecule has 4 nitrogen and oxygen atoms in total. The molecule has 1 unspecified atom stereocenters. The van der Waals surface area contributed by atoms with Gasteiger partial charge in [0.1, 0.15) is 0 Å². The first kappa shape index (κ1) is 14.3. The number of ether oxygens (including phenoxy) is 1. The minimum absolute atomic E-state index is 0.105. The van der Waals surface area contributed by atoms with Crippen molar-refractivity contribution in [1.29, 1.82) is 0 Å². The van der Waals surface area contributed by atoms with Crippen LogP contribution in [-0.2, 0) is 4.74 Å². The average molecular weight is 283 g/mol. The van der Waals surface area contributed by atoms with Gasteiger partial charge in [0.2, 0.25) is 0 Å². The van der Waals surface area contributed by atoms with Gasteiger partial charge in [-0.15, -0.1) is 0 Å². The van der Waals surface area contributed by atoms with Gasteiger partial charge in [0, 0.05) is 24.2 Å². The molecule has 5 heteroatoms. The van der Waals surface area contributed by atoms with Gasteiger partial charge >= 0.3 is 0 Å².